The lowest BCUT2D eigenvalue weighted by Gasteiger charge is -2.32. The lowest BCUT2D eigenvalue weighted by atomic mass is 10.1. The maximum atomic E-state index is 13.9. The second-order valence-corrected chi connectivity index (χ2v) is 12.3. The maximum Gasteiger partial charge on any atom is 0.264 e. The molecular weight excluding hydrogens is 573 g/mol. The Morgan fingerprint density at radius 2 is 1.55 bits per heavy atom. The Labute approximate surface area is 245 Å². The molecule has 0 saturated heterocycles. The number of nitrogens with zero attached hydrogens (tertiary/aromatic N) is 2. The van der Waals surface area contributed by atoms with Crippen LogP contribution in [0.15, 0.2) is 77.7 Å². The van der Waals surface area contributed by atoms with Crippen LogP contribution in [0.2, 0.25) is 10.0 Å². The minimum atomic E-state index is -4.21. The van der Waals surface area contributed by atoms with E-state index in [-0.39, 0.29) is 29.0 Å². The number of carbonyl (C=O) groups is 2. The minimum absolute atomic E-state index is 0.00577. The highest BCUT2D eigenvalue weighted by atomic mass is 35.5. The molecule has 11 heteroatoms. The van der Waals surface area contributed by atoms with Gasteiger partial charge in [0.15, 0.2) is 0 Å². The topological polar surface area (TPSA) is 96.0 Å². The van der Waals surface area contributed by atoms with Crippen molar-refractivity contribution >= 4 is 50.7 Å². The van der Waals surface area contributed by atoms with E-state index in [1.165, 1.54) is 48.4 Å². The van der Waals surface area contributed by atoms with Crippen LogP contribution < -0.4 is 14.4 Å². The summed E-state index contributed by atoms with van der Waals surface area (Å²) in [6, 6.07) is 18.1. The highest BCUT2D eigenvalue weighted by molar-refractivity contribution is 7.92. The fourth-order valence-corrected chi connectivity index (χ4v) is 5.59. The van der Waals surface area contributed by atoms with Crippen molar-refractivity contribution < 1.29 is 22.7 Å². The Kier molecular flexibility index (Phi) is 10.8. The van der Waals surface area contributed by atoms with E-state index >= 15 is 0 Å². The van der Waals surface area contributed by atoms with E-state index in [9.17, 15) is 18.0 Å². The molecule has 0 unspecified atom stereocenters. The van der Waals surface area contributed by atoms with Crippen LogP contribution >= 0.6 is 23.2 Å². The van der Waals surface area contributed by atoms with Crippen LogP contribution in [0.25, 0.3) is 0 Å². The minimum Gasteiger partial charge on any atom is -0.497 e. The fraction of sp³-hybridized carbons (Fsp3) is 0.310. The molecule has 1 N–H and O–H groups in total. The number of nitrogens with one attached hydrogen (secondary N) is 1. The first-order valence-corrected chi connectivity index (χ1v) is 14.9. The highest BCUT2D eigenvalue weighted by Crippen LogP contribution is 2.27. The quantitative estimate of drug-likeness (QED) is 0.299. The van der Waals surface area contributed by atoms with E-state index in [1.807, 2.05) is 13.8 Å². The first kappa shape index (κ1) is 31.3. The Morgan fingerprint density at radius 1 is 0.925 bits per heavy atom. The zero-order chi connectivity index (χ0) is 29.4. The van der Waals surface area contributed by atoms with Gasteiger partial charge in [-0.25, -0.2) is 8.42 Å². The molecule has 3 aromatic carbocycles. The molecule has 0 saturated carbocycles. The van der Waals surface area contributed by atoms with Crippen molar-refractivity contribution in [3.05, 3.63) is 88.4 Å². The number of anilines is 1. The molecule has 0 heterocycles. The van der Waals surface area contributed by atoms with Gasteiger partial charge in [-0.05, 0) is 73.0 Å². The molecule has 40 heavy (non-hydrogen) atoms. The Bertz CT molecular complexity index is 1410. The molecule has 0 aromatic heterocycles. The second kappa shape index (κ2) is 13.9. The van der Waals surface area contributed by atoms with E-state index in [0.29, 0.717) is 27.9 Å². The van der Waals surface area contributed by atoms with Crippen LogP contribution in [-0.4, -0.2) is 51.4 Å². The largest absolute Gasteiger partial charge is 0.497 e. The number of sulfonamides is 1. The average molecular weight is 607 g/mol. The molecule has 0 spiro atoms. The monoisotopic (exact) mass is 605 g/mol. The van der Waals surface area contributed by atoms with E-state index in [4.69, 9.17) is 27.9 Å². The SMILES string of the molecule is COc1ccc(S(=O)(=O)N(CC(=O)N(Cc2ccccc2Cl)[C@@H](C)C(=O)NCC(C)C)c2ccc(Cl)cc2)cc1. The van der Waals surface area contributed by atoms with Crippen LogP contribution in [-0.2, 0) is 26.2 Å². The van der Waals surface area contributed by atoms with Crippen molar-refractivity contribution in [2.45, 2.75) is 38.3 Å². The summed E-state index contributed by atoms with van der Waals surface area (Å²) in [5.74, 6) is -0.247. The highest BCUT2D eigenvalue weighted by Gasteiger charge is 2.32. The molecule has 0 aliphatic carbocycles. The number of ether oxygens (including phenoxy) is 1. The van der Waals surface area contributed by atoms with Gasteiger partial charge in [0.2, 0.25) is 11.8 Å². The van der Waals surface area contributed by atoms with Crippen molar-refractivity contribution in [2.75, 3.05) is 24.5 Å². The van der Waals surface area contributed by atoms with Crippen molar-refractivity contribution in [3.8, 4) is 5.75 Å². The smallest absolute Gasteiger partial charge is 0.264 e. The first-order valence-electron chi connectivity index (χ1n) is 12.7. The molecule has 0 aliphatic rings. The zero-order valence-corrected chi connectivity index (χ0v) is 25.1. The van der Waals surface area contributed by atoms with Crippen LogP contribution in [0.4, 0.5) is 5.69 Å². The van der Waals surface area contributed by atoms with Crippen molar-refractivity contribution in [2.24, 2.45) is 5.92 Å². The predicted molar refractivity (Wildman–Crippen MR) is 158 cm³/mol. The van der Waals surface area contributed by atoms with Crippen molar-refractivity contribution in [3.63, 3.8) is 0 Å². The molecule has 0 radical (unpaired) electrons. The standard InChI is InChI=1S/C29H33Cl2N3O5S/c1-20(2)17-32-29(36)21(3)33(18-22-7-5-6-8-27(22)31)28(35)19-34(24-11-9-23(30)10-12-24)40(37,38)26-15-13-25(39-4)14-16-26/h5-16,20-21H,17-19H2,1-4H3,(H,32,36)/t21-/m0/s1. The molecule has 0 aliphatic heterocycles. The average Bonchev–Trinajstić information content (AvgIpc) is 2.94. The third-order valence-corrected chi connectivity index (χ3v) is 8.60. The molecule has 3 rings (SSSR count). The lowest BCUT2D eigenvalue weighted by molar-refractivity contribution is -0.139. The molecule has 0 bridgehead atoms. The van der Waals surface area contributed by atoms with E-state index in [0.717, 1.165) is 4.31 Å². The molecule has 3 aromatic rings. The van der Waals surface area contributed by atoms with Crippen molar-refractivity contribution in [1.82, 2.24) is 10.2 Å². The first-order chi connectivity index (χ1) is 18.9. The number of carbonyl (C=O) groups excluding carboxylic acids is 2. The van der Waals surface area contributed by atoms with E-state index in [2.05, 4.69) is 5.32 Å². The van der Waals surface area contributed by atoms with Gasteiger partial charge in [-0.2, -0.15) is 0 Å². The van der Waals surface area contributed by atoms with Crippen LogP contribution in [0.3, 0.4) is 0 Å². The molecule has 2 amide bonds. The van der Waals surface area contributed by atoms with Gasteiger partial charge in [0, 0.05) is 23.1 Å². The normalized spacial score (nSPS) is 12.1. The van der Waals surface area contributed by atoms with Gasteiger partial charge in [-0.15, -0.1) is 0 Å². The van der Waals surface area contributed by atoms with Gasteiger partial charge in [0.1, 0.15) is 18.3 Å². The van der Waals surface area contributed by atoms with Gasteiger partial charge in [-0.1, -0.05) is 55.2 Å². The van der Waals surface area contributed by atoms with Crippen molar-refractivity contribution in [1.29, 1.82) is 0 Å². The Balaban J connectivity index is 2.02. The predicted octanol–water partition coefficient (Wildman–Crippen LogP) is 5.39. The van der Waals surface area contributed by atoms with Gasteiger partial charge in [0.25, 0.3) is 10.0 Å². The second-order valence-electron chi connectivity index (χ2n) is 9.59. The van der Waals surface area contributed by atoms with Gasteiger partial charge in [0.05, 0.1) is 17.7 Å². The number of amides is 2. The Hall–Kier alpha value is -3.27. The van der Waals surface area contributed by atoms with Crippen LogP contribution in [0, 0.1) is 5.92 Å². The number of rotatable bonds is 12. The number of halogens is 2. The third kappa shape index (κ3) is 7.90. The fourth-order valence-electron chi connectivity index (χ4n) is 3.86. The van der Waals surface area contributed by atoms with Crippen LogP contribution in [0.1, 0.15) is 26.3 Å². The molecule has 8 nitrogen and oxygen atoms in total. The summed E-state index contributed by atoms with van der Waals surface area (Å²) in [5.41, 5.74) is 0.861. The summed E-state index contributed by atoms with van der Waals surface area (Å²) in [6.45, 7) is 5.40. The third-order valence-electron chi connectivity index (χ3n) is 6.19. The summed E-state index contributed by atoms with van der Waals surface area (Å²) >= 11 is 12.4. The van der Waals surface area contributed by atoms with Gasteiger partial charge >= 0.3 is 0 Å². The zero-order valence-electron chi connectivity index (χ0n) is 22.8. The lowest BCUT2D eigenvalue weighted by Crippen LogP contribution is -2.51. The number of benzene rings is 3. The van der Waals surface area contributed by atoms with Gasteiger partial charge in [-0.3, -0.25) is 13.9 Å². The number of methoxy groups -OCH3 is 1. The Morgan fingerprint density at radius 3 is 2.12 bits per heavy atom. The van der Waals surface area contributed by atoms with Crippen LogP contribution in [0.5, 0.6) is 5.75 Å². The maximum absolute atomic E-state index is 13.9. The molecule has 214 valence electrons. The summed E-state index contributed by atoms with van der Waals surface area (Å²) in [4.78, 5) is 28.3. The van der Waals surface area contributed by atoms with E-state index < -0.39 is 28.5 Å². The molecule has 0 fully saturated rings. The summed E-state index contributed by atoms with van der Waals surface area (Å²) < 4.78 is 33.9. The van der Waals surface area contributed by atoms with Gasteiger partial charge < -0.3 is 15.0 Å². The summed E-state index contributed by atoms with van der Waals surface area (Å²) in [5, 5.41) is 3.69. The summed E-state index contributed by atoms with van der Waals surface area (Å²) in [7, 11) is -2.73. The number of hydrogen-bond acceptors (Lipinski definition) is 5. The molecule has 1 atom stereocenters. The number of hydrogen-bond donors (Lipinski definition) is 1. The summed E-state index contributed by atoms with van der Waals surface area (Å²) in [6.07, 6.45) is 0. The molecular formula is C29H33Cl2N3O5S. The van der Waals surface area contributed by atoms with E-state index in [1.54, 1.807) is 43.3 Å².